The summed E-state index contributed by atoms with van der Waals surface area (Å²) in [6.45, 7) is -0.192. The van der Waals surface area contributed by atoms with Crippen molar-refractivity contribution >= 4 is 15.8 Å². The molecule has 1 rings (SSSR count). The fraction of sp³-hybridized carbons (Fsp3) is 0.857. The van der Waals surface area contributed by atoms with Crippen LogP contribution < -0.4 is 5.73 Å². The molecule has 1 aliphatic heterocycles. The largest absolute Gasteiger partial charge is 0.468 e. The molecule has 0 radical (unpaired) electrons. The summed E-state index contributed by atoms with van der Waals surface area (Å²) < 4.78 is 26.1. The lowest BCUT2D eigenvalue weighted by molar-refractivity contribution is -0.143. The summed E-state index contributed by atoms with van der Waals surface area (Å²) in [7, 11) is -2.24. The van der Waals surface area contributed by atoms with E-state index >= 15 is 0 Å². The molecular formula is C7H13NO4S. The number of esters is 1. The van der Waals surface area contributed by atoms with Crippen molar-refractivity contribution in [3.63, 3.8) is 0 Å². The van der Waals surface area contributed by atoms with E-state index in [9.17, 15) is 13.2 Å². The van der Waals surface area contributed by atoms with Gasteiger partial charge in [0.2, 0.25) is 0 Å². The zero-order valence-electron chi connectivity index (χ0n) is 7.45. The van der Waals surface area contributed by atoms with Crippen molar-refractivity contribution in [2.24, 2.45) is 5.73 Å². The third-order valence-electron chi connectivity index (χ3n) is 2.48. The van der Waals surface area contributed by atoms with Crippen LogP contribution in [0.3, 0.4) is 0 Å². The van der Waals surface area contributed by atoms with Gasteiger partial charge in [-0.3, -0.25) is 4.79 Å². The molecule has 0 bridgehead atoms. The number of hydrogen-bond donors (Lipinski definition) is 1. The maximum Gasteiger partial charge on any atom is 0.328 e. The average Bonchev–Trinajstić information content (AvgIpc) is 2.40. The first-order chi connectivity index (χ1) is 6.00. The molecule has 0 spiro atoms. The van der Waals surface area contributed by atoms with E-state index in [1.54, 1.807) is 0 Å². The van der Waals surface area contributed by atoms with Gasteiger partial charge in [-0.25, -0.2) is 8.42 Å². The number of ether oxygens (including phenoxy) is 1. The quantitative estimate of drug-likeness (QED) is 0.591. The van der Waals surface area contributed by atoms with Gasteiger partial charge in [-0.1, -0.05) is 0 Å². The summed E-state index contributed by atoms with van der Waals surface area (Å²) in [5.74, 6) is -0.702. The Morgan fingerprint density at radius 2 is 2.23 bits per heavy atom. The van der Waals surface area contributed by atoms with Crippen LogP contribution in [0, 0.1) is 0 Å². The van der Waals surface area contributed by atoms with Gasteiger partial charge in [-0.2, -0.15) is 0 Å². The van der Waals surface area contributed by atoms with Crippen LogP contribution in [0.15, 0.2) is 0 Å². The van der Waals surface area contributed by atoms with E-state index in [2.05, 4.69) is 4.74 Å². The van der Waals surface area contributed by atoms with Gasteiger partial charge in [-0.15, -0.1) is 0 Å². The minimum atomic E-state index is -3.41. The van der Waals surface area contributed by atoms with Crippen LogP contribution in [0.1, 0.15) is 12.8 Å². The van der Waals surface area contributed by atoms with E-state index in [4.69, 9.17) is 5.73 Å². The second-order valence-electron chi connectivity index (χ2n) is 3.11. The fourth-order valence-corrected chi connectivity index (χ4v) is 3.59. The first-order valence-electron chi connectivity index (χ1n) is 4.01. The van der Waals surface area contributed by atoms with Gasteiger partial charge in [0.1, 0.15) is 0 Å². The monoisotopic (exact) mass is 207 g/mol. The van der Waals surface area contributed by atoms with E-state index in [0.717, 1.165) is 0 Å². The van der Waals surface area contributed by atoms with Crippen LogP contribution in [-0.4, -0.2) is 38.5 Å². The highest BCUT2D eigenvalue weighted by Crippen LogP contribution is 2.32. The molecule has 13 heavy (non-hydrogen) atoms. The van der Waals surface area contributed by atoms with Crippen LogP contribution in [0.5, 0.6) is 0 Å². The Labute approximate surface area is 77.2 Å². The van der Waals surface area contributed by atoms with Gasteiger partial charge >= 0.3 is 5.97 Å². The number of carbonyl (C=O) groups is 1. The SMILES string of the molecule is COC(=O)C1(CN)CCCS1(=O)=O. The lowest BCUT2D eigenvalue weighted by atomic mass is 10.0. The summed E-state index contributed by atoms with van der Waals surface area (Å²) in [5.41, 5.74) is 5.34. The third kappa shape index (κ3) is 1.34. The molecule has 1 unspecified atom stereocenters. The van der Waals surface area contributed by atoms with Gasteiger partial charge < -0.3 is 10.5 Å². The van der Waals surface area contributed by atoms with Gasteiger partial charge in [0.25, 0.3) is 0 Å². The summed E-state index contributed by atoms with van der Waals surface area (Å²) in [6.07, 6.45) is 0.757. The predicted octanol–water partition coefficient (Wildman–Crippen LogP) is -0.934. The molecule has 1 fully saturated rings. The molecule has 1 heterocycles. The topological polar surface area (TPSA) is 86.5 Å². The normalized spacial score (nSPS) is 31.5. The number of nitrogens with two attached hydrogens (primary N) is 1. The van der Waals surface area contributed by atoms with E-state index in [1.165, 1.54) is 7.11 Å². The Morgan fingerprint density at radius 3 is 2.54 bits per heavy atom. The Bertz CT molecular complexity index is 310. The summed E-state index contributed by atoms with van der Waals surface area (Å²) >= 11 is 0. The molecule has 1 atom stereocenters. The van der Waals surface area contributed by atoms with Crippen molar-refractivity contribution in [2.75, 3.05) is 19.4 Å². The number of carbonyl (C=O) groups excluding carboxylic acids is 1. The highest BCUT2D eigenvalue weighted by atomic mass is 32.2. The van der Waals surface area contributed by atoms with Crippen molar-refractivity contribution in [1.82, 2.24) is 0 Å². The maximum atomic E-state index is 11.5. The summed E-state index contributed by atoms with van der Waals surface area (Å²) in [6, 6.07) is 0. The zero-order valence-corrected chi connectivity index (χ0v) is 8.26. The third-order valence-corrected chi connectivity index (χ3v) is 5.03. The first kappa shape index (κ1) is 10.5. The average molecular weight is 207 g/mol. The van der Waals surface area contributed by atoms with Crippen LogP contribution >= 0.6 is 0 Å². The molecule has 0 saturated carbocycles. The molecular weight excluding hydrogens is 194 g/mol. The van der Waals surface area contributed by atoms with E-state index in [0.29, 0.717) is 6.42 Å². The minimum Gasteiger partial charge on any atom is -0.468 e. The number of methoxy groups -OCH3 is 1. The molecule has 0 aromatic heterocycles. The standard InChI is InChI=1S/C7H13NO4S/c1-12-6(9)7(5-8)3-2-4-13(7,10)11/h2-5,8H2,1H3. The highest BCUT2D eigenvalue weighted by molar-refractivity contribution is 7.93. The molecule has 5 nitrogen and oxygen atoms in total. The molecule has 76 valence electrons. The lowest BCUT2D eigenvalue weighted by Gasteiger charge is -2.22. The van der Waals surface area contributed by atoms with Gasteiger partial charge in [0.05, 0.1) is 12.9 Å². The number of rotatable bonds is 2. The van der Waals surface area contributed by atoms with Gasteiger partial charge in [0.15, 0.2) is 14.6 Å². The van der Waals surface area contributed by atoms with Gasteiger partial charge in [0, 0.05) is 6.54 Å². The van der Waals surface area contributed by atoms with Crippen LogP contribution in [0.4, 0.5) is 0 Å². The van der Waals surface area contributed by atoms with Crippen LogP contribution in [0.2, 0.25) is 0 Å². The molecule has 0 aromatic rings. The molecule has 0 aromatic carbocycles. The molecule has 1 aliphatic rings. The second kappa shape index (κ2) is 3.26. The van der Waals surface area contributed by atoms with E-state index in [1.807, 2.05) is 0 Å². The molecule has 0 aliphatic carbocycles. The minimum absolute atomic E-state index is 0.0271. The Balaban J connectivity index is 3.14. The molecule has 6 heteroatoms. The Hall–Kier alpha value is -0.620. The predicted molar refractivity (Wildman–Crippen MR) is 46.8 cm³/mol. The molecule has 0 amide bonds. The van der Waals surface area contributed by atoms with Crippen LogP contribution in [0.25, 0.3) is 0 Å². The lowest BCUT2D eigenvalue weighted by Crippen LogP contribution is -2.50. The molecule has 2 N–H and O–H groups in total. The van der Waals surface area contributed by atoms with Gasteiger partial charge in [-0.05, 0) is 12.8 Å². The highest BCUT2D eigenvalue weighted by Gasteiger charge is 2.53. The number of sulfone groups is 1. The maximum absolute atomic E-state index is 11.5. The van der Waals surface area contributed by atoms with E-state index in [-0.39, 0.29) is 18.7 Å². The number of hydrogen-bond acceptors (Lipinski definition) is 5. The summed E-state index contributed by atoms with van der Waals surface area (Å²) in [4.78, 5) is 11.3. The van der Waals surface area contributed by atoms with Crippen molar-refractivity contribution in [1.29, 1.82) is 0 Å². The summed E-state index contributed by atoms with van der Waals surface area (Å²) in [5, 5.41) is 0. The van der Waals surface area contributed by atoms with Crippen molar-refractivity contribution in [3.8, 4) is 0 Å². The Morgan fingerprint density at radius 1 is 1.62 bits per heavy atom. The smallest absolute Gasteiger partial charge is 0.328 e. The second-order valence-corrected chi connectivity index (χ2v) is 5.53. The van der Waals surface area contributed by atoms with Crippen molar-refractivity contribution in [2.45, 2.75) is 17.6 Å². The van der Waals surface area contributed by atoms with Crippen molar-refractivity contribution in [3.05, 3.63) is 0 Å². The fourth-order valence-electron chi connectivity index (χ4n) is 1.63. The van der Waals surface area contributed by atoms with E-state index < -0.39 is 20.6 Å². The zero-order chi connectivity index (χ0) is 10.1. The Kier molecular flexibility index (Phi) is 2.63. The van der Waals surface area contributed by atoms with Crippen molar-refractivity contribution < 1.29 is 17.9 Å². The first-order valence-corrected chi connectivity index (χ1v) is 5.66. The van der Waals surface area contributed by atoms with Crippen LogP contribution in [-0.2, 0) is 19.4 Å². The molecule has 1 saturated heterocycles.